The molecule has 0 atom stereocenters. The van der Waals surface area contributed by atoms with Crippen molar-refractivity contribution in [3.63, 3.8) is 0 Å². The number of hydrogen-bond acceptors (Lipinski definition) is 0. The summed E-state index contributed by atoms with van der Waals surface area (Å²) >= 11 is 0. The van der Waals surface area contributed by atoms with E-state index in [1.54, 1.807) is 10.4 Å². The third kappa shape index (κ3) is 5.08. The van der Waals surface area contributed by atoms with E-state index >= 15 is 0 Å². The fourth-order valence-corrected chi connectivity index (χ4v) is 6.87. The molecule has 1 radical (unpaired) electrons. The Morgan fingerprint density at radius 3 is 1.90 bits per heavy atom. The maximum atomic E-state index is 2.55. The highest BCUT2D eigenvalue weighted by Crippen LogP contribution is 2.39. The molecule has 0 spiro atoms. The molecule has 0 bridgehead atoms. The Morgan fingerprint density at radius 2 is 1.37 bits per heavy atom. The van der Waals surface area contributed by atoms with Crippen molar-refractivity contribution in [1.29, 1.82) is 0 Å². The van der Waals surface area contributed by atoms with Gasteiger partial charge in [-0.05, 0) is 47.1 Å². The van der Waals surface area contributed by atoms with E-state index in [4.69, 9.17) is 0 Å². The van der Waals surface area contributed by atoms with Crippen LogP contribution in [-0.2, 0) is 6.42 Å². The summed E-state index contributed by atoms with van der Waals surface area (Å²) in [4.78, 5) is 0. The van der Waals surface area contributed by atoms with Crippen LogP contribution in [0.3, 0.4) is 0 Å². The zero-order valence-corrected chi connectivity index (χ0v) is 22.6. The lowest BCUT2D eigenvalue weighted by Gasteiger charge is -2.25. The maximum Gasteiger partial charge on any atom is 0.0776 e. The zero-order valence-electron chi connectivity index (χ0n) is 20.6. The molecule has 0 saturated heterocycles. The molecule has 0 saturated carbocycles. The van der Waals surface area contributed by atoms with Gasteiger partial charge in [-0.15, -0.1) is 0 Å². The van der Waals surface area contributed by atoms with Crippen LogP contribution in [0.4, 0.5) is 0 Å². The van der Waals surface area contributed by atoms with Crippen LogP contribution in [0.5, 0.6) is 0 Å². The summed E-state index contributed by atoms with van der Waals surface area (Å²) in [5.41, 5.74) is 8.90. The van der Waals surface area contributed by atoms with Crippen molar-refractivity contribution in [1.82, 2.24) is 0 Å². The smallest absolute Gasteiger partial charge is 0.0656 e. The van der Waals surface area contributed by atoms with E-state index < -0.39 is 16.1 Å². The molecule has 2 heteroatoms. The third-order valence-electron chi connectivity index (χ3n) is 6.33. The summed E-state index contributed by atoms with van der Waals surface area (Å²) in [6.07, 6.45) is 11.0. The minimum Gasteiger partial charge on any atom is -0.0656 e. The summed E-state index contributed by atoms with van der Waals surface area (Å²) in [6.45, 7) is 19.5. The lowest BCUT2D eigenvalue weighted by molar-refractivity contribution is 0.797. The quantitative estimate of drug-likeness (QED) is 0.377. The van der Waals surface area contributed by atoms with Crippen molar-refractivity contribution in [2.75, 3.05) is 0 Å². The standard InChI is InChI=1S/C28H41Si2/c1-9-11-13-21-16-23-15-14-22(12-10-2)28(27(23)17-21)24-18-25(29(3,4)5)20-26(19-24)30(6,7)8/h14-20H,9-13H2,1-8H3. The van der Waals surface area contributed by atoms with Crippen LogP contribution < -0.4 is 10.4 Å². The van der Waals surface area contributed by atoms with Crippen LogP contribution in [0.2, 0.25) is 39.3 Å². The van der Waals surface area contributed by atoms with E-state index in [1.165, 1.54) is 59.1 Å². The van der Waals surface area contributed by atoms with Crippen LogP contribution in [0.25, 0.3) is 17.2 Å². The second-order valence-electron chi connectivity index (χ2n) is 11.1. The largest absolute Gasteiger partial charge is 0.0776 e. The minimum absolute atomic E-state index is 1.15. The highest BCUT2D eigenvalue weighted by atomic mass is 28.3. The second kappa shape index (κ2) is 9.00. The van der Waals surface area contributed by atoms with E-state index in [-0.39, 0.29) is 0 Å². The molecule has 0 amide bonds. The SMILES string of the molecule is CCCCC1=Cc2c(ccc(CCC)c2-c2cc([Si](C)(C)C)cc([Si](C)(C)C)c2)[CH]1. The van der Waals surface area contributed by atoms with Gasteiger partial charge in [-0.25, -0.2) is 0 Å². The summed E-state index contributed by atoms with van der Waals surface area (Å²) in [6, 6.07) is 12.4. The van der Waals surface area contributed by atoms with Crippen molar-refractivity contribution in [3.05, 3.63) is 59.0 Å². The average molecular weight is 434 g/mol. The molecule has 0 heterocycles. The highest BCUT2D eigenvalue weighted by Gasteiger charge is 2.26. The fraction of sp³-hybridized carbons (Fsp3) is 0.464. The Hall–Kier alpha value is -1.39. The van der Waals surface area contributed by atoms with Crippen LogP contribution in [0.1, 0.15) is 56.2 Å². The van der Waals surface area contributed by atoms with Crippen molar-refractivity contribution in [2.45, 2.75) is 85.2 Å². The molecular weight excluding hydrogens is 392 g/mol. The number of fused-ring (bicyclic) bond motifs is 1. The molecule has 1 aliphatic rings. The van der Waals surface area contributed by atoms with Crippen LogP contribution >= 0.6 is 0 Å². The molecule has 0 aliphatic heterocycles. The summed E-state index contributed by atoms with van der Waals surface area (Å²) < 4.78 is 0. The first kappa shape index (κ1) is 23.3. The zero-order chi connectivity index (χ0) is 22.1. The van der Waals surface area contributed by atoms with Gasteiger partial charge in [-0.3, -0.25) is 0 Å². The number of rotatable bonds is 8. The van der Waals surface area contributed by atoms with E-state index in [2.05, 4.69) is 96.0 Å². The van der Waals surface area contributed by atoms with E-state index in [0.29, 0.717) is 0 Å². The van der Waals surface area contributed by atoms with E-state index in [9.17, 15) is 0 Å². The van der Waals surface area contributed by atoms with Gasteiger partial charge >= 0.3 is 0 Å². The van der Waals surface area contributed by atoms with Gasteiger partial charge in [0.1, 0.15) is 0 Å². The Kier molecular flexibility index (Phi) is 6.99. The van der Waals surface area contributed by atoms with Crippen molar-refractivity contribution in [2.24, 2.45) is 0 Å². The Bertz CT molecular complexity index is 904. The molecule has 0 fully saturated rings. The maximum absolute atomic E-state index is 2.55. The molecule has 30 heavy (non-hydrogen) atoms. The van der Waals surface area contributed by atoms with Crippen LogP contribution in [0, 0.1) is 6.42 Å². The first-order chi connectivity index (χ1) is 14.0. The van der Waals surface area contributed by atoms with Crippen molar-refractivity contribution >= 4 is 32.6 Å². The molecule has 0 unspecified atom stereocenters. The van der Waals surface area contributed by atoms with E-state index in [0.717, 1.165) is 6.42 Å². The molecule has 2 aromatic carbocycles. The van der Waals surface area contributed by atoms with Crippen molar-refractivity contribution in [3.8, 4) is 11.1 Å². The van der Waals surface area contributed by atoms with Gasteiger partial charge in [0.05, 0.1) is 16.1 Å². The van der Waals surface area contributed by atoms with E-state index in [1.807, 2.05) is 0 Å². The number of hydrogen-bond donors (Lipinski definition) is 0. The van der Waals surface area contributed by atoms with Crippen LogP contribution in [0.15, 0.2) is 35.9 Å². The van der Waals surface area contributed by atoms with Gasteiger partial charge in [0.2, 0.25) is 0 Å². The molecule has 0 nitrogen and oxygen atoms in total. The first-order valence-corrected chi connectivity index (χ1v) is 18.9. The molecule has 2 aromatic rings. The Morgan fingerprint density at radius 1 is 0.733 bits per heavy atom. The number of aryl methyl sites for hydroxylation is 1. The molecule has 0 aromatic heterocycles. The third-order valence-corrected chi connectivity index (χ3v) is 10.4. The molecule has 0 N–H and O–H groups in total. The average Bonchev–Trinajstić information content (AvgIpc) is 3.07. The summed E-state index contributed by atoms with van der Waals surface area (Å²) in [5.74, 6) is 0. The Labute approximate surface area is 187 Å². The molecule has 1 aliphatic carbocycles. The predicted molar refractivity (Wildman–Crippen MR) is 143 cm³/mol. The number of allylic oxidation sites excluding steroid dienone is 1. The number of unbranched alkanes of at least 4 members (excludes halogenated alkanes) is 1. The Balaban J connectivity index is 2.24. The van der Waals surface area contributed by atoms with Gasteiger partial charge < -0.3 is 0 Å². The lowest BCUT2D eigenvalue weighted by atomic mass is 9.90. The predicted octanol–water partition coefficient (Wildman–Crippen LogP) is 7.54. The second-order valence-corrected chi connectivity index (χ2v) is 21.3. The van der Waals surface area contributed by atoms with Gasteiger partial charge in [0.15, 0.2) is 0 Å². The summed E-state index contributed by atoms with van der Waals surface area (Å²) in [7, 11) is -2.80. The highest BCUT2D eigenvalue weighted by molar-refractivity contribution is 6.91. The monoisotopic (exact) mass is 433 g/mol. The minimum atomic E-state index is -1.40. The van der Waals surface area contributed by atoms with Crippen LogP contribution in [-0.4, -0.2) is 16.1 Å². The summed E-state index contributed by atoms with van der Waals surface area (Å²) in [5, 5.41) is 3.21. The number of benzene rings is 2. The van der Waals surface area contributed by atoms with Crippen molar-refractivity contribution < 1.29 is 0 Å². The molecule has 161 valence electrons. The van der Waals surface area contributed by atoms with Gasteiger partial charge in [0.25, 0.3) is 0 Å². The normalized spacial score (nSPS) is 14.1. The molecular formula is C28H41Si2. The topological polar surface area (TPSA) is 0 Å². The first-order valence-electron chi connectivity index (χ1n) is 11.9. The van der Waals surface area contributed by atoms with Gasteiger partial charge in [-0.2, -0.15) is 0 Å². The fourth-order valence-electron chi connectivity index (χ4n) is 4.37. The van der Waals surface area contributed by atoms with Gasteiger partial charge in [0, 0.05) is 6.42 Å². The molecule has 3 rings (SSSR count). The lowest BCUT2D eigenvalue weighted by Crippen LogP contribution is -2.45. The van der Waals surface area contributed by atoms with Gasteiger partial charge in [-0.1, -0.05) is 118 Å².